The molecular weight excluding hydrogens is 206 g/mol. The lowest BCUT2D eigenvalue weighted by Gasteiger charge is -2.12. The third-order valence-electron chi connectivity index (χ3n) is 3.61. The number of rotatable bonds is 1. The highest BCUT2D eigenvalue weighted by Crippen LogP contribution is 2.60. The van der Waals surface area contributed by atoms with Crippen LogP contribution in [0.15, 0.2) is 12.1 Å². The lowest BCUT2D eigenvalue weighted by Crippen LogP contribution is -2.09. The first kappa shape index (κ1) is 9.51. The summed E-state index contributed by atoms with van der Waals surface area (Å²) in [6, 6.07) is 3.70. The van der Waals surface area contributed by atoms with Crippen LogP contribution in [0, 0.1) is 0 Å². The van der Waals surface area contributed by atoms with Gasteiger partial charge in [-0.05, 0) is 12.5 Å². The Balaban J connectivity index is 2.19. The summed E-state index contributed by atoms with van der Waals surface area (Å²) in [5.41, 5.74) is 7.73. The van der Waals surface area contributed by atoms with Crippen LogP contribution in [0.2, 0.25) is 0 Å². The van der Waals surface area contributed by atoms with Crippen LogP contribution >= 0.6 is 0 Å². The number of benzene rings is 1. The lowest BCUT2D eigenvalue weighted by atomic mass is 9.95. The van der Waals surface area contributed by atoms with Gasteiger partial charge < -0.3 is 15.2 Å². The smallest absolute Gasteiger partial charge is 0.343 e. The Kier molecular flexibility index (Phi) is 1.60. The molecule has 1 aromatic rings. The fraction of sp³-hybridized carbons (Fsp3) is 0.417. The molecule has 4 nitrogen and oxygen atoms in total. The molecule has 16 heavy (non-hydrogen) atoms. The second-order valence-corrected chi connectivity index (χ2v) is 4.63. The normalized spacial score (nSPS) is 29.0. The average Bonchev–Trinajstić information content (AvgIpc) is 2.82. The fourth-order valence-electron chi connectivity index (χ4n) is 2.41. The molecule has 1 aliphatic carbocycles. The molecule has 2 N–H and O–H groups in total. The molecule has 0 spiro atoms. The van der Waals surface area contributed by atoms with Gasteiger partial charge in [0.25, 0.3) is 0 Å². The zero-order valence-electron chi connectivity index (χ0n) is 9.24. The fourth-order valence-corrected chi connectivity index (χ4v) is 2.41. The van der Waals surface area contributed by atoms with Crippen molar-refractivity contribution in [2.45, 2.75) is 24.9 Å². The summed E-state index contributed by atoms with van der Waals surface area (Å²) >= 11 is 0. The minimum Gasteiger partial charge on any atom is -0.488 e. The van der Waals surface area contributed by atoms with E-state index < -0.39 is 5.97 Å². The zero-order valence-corrected chi connectivity index (χ0v) is 9.24. The molecule has 4 heteroatoms. The van der Waals surface area contributed by atoms with E-state index in [0.717, 1.165) is 12.0 Å². The van der Waals surface area contributed by atoms with E-state index in [9.17, 15) is 4.79 Å². The summed E-state index contributed by atoms with van der Waals surface area (Å²) in [6.07, 6.45) is 1.22. The van der Waals surface area contributed by atoms with E-state index in [2.05, 4.69) is 6.92 Å². The van der Waals surface area contributed by atoms with Gasteiger partial charge in [0.2, 0.25) is 0 Å². The topological polar surface area (TPSA) is 61.5 Å². The van der Waals surface area contributed by atoms with Gasteiger partial charge in [0.1, 0.15) is 17.4 Å². The van der Waals surface area contributed by atoms with Gasteiger partial charge in [-0.25, -0.2) is 4.79 Å². The molecule has 1 aliphatic heterocycles. The maximum absolute atomic E-state index is 11.6. The third kappa shape index (κ3) is 0.965. The molecule has 84 valence electrons. The van der Waals surface area contributed by atoms with Gasteiger partial charge in [0, 0.05) is 16.7 Å². The molecule has 2 atom stereocenters. The maximum atomic E-state index is 11.6. The van der Waals surface area contributed by atoms with E-state index in [1.165, 1.54) is 7.11 Å². The van der Waals surface area contributed by atoms with Crippen LogP contribution in [0.3, 0.4) is 0 Å². The van der Waals surface area contributed by atoms with Crippen molar-refractivity contribution in [1.29, 1.82) is 0 Å². The number of anilines is 1. The molecule has 1 fully saturated rings. The molecule has 3 rings (SSSR count). The molecule has 0 radical (unpaired) electrons. The van der Waals surface area contributed by atoms with Crippen LogP contribution in [0.25, 0.3) is 0 Å². The molecule has 0 aromatic heterocycles. The van der Waals surface area contributed by atoms with E-state index in [1.54, 1.807) is 6.07 Å². The van der Waals surface area contributed by atoms with Gasteiger partial charge in [-0.3, -0.25) is 0 Å². The number of nitrogens with two attached hydrogens (primary N) is 1. The second-order valence-electron chi connectivity index (χ2n) is 4.63. The van der Waals surface area contributed by atoms with Gasteiger partial charge in [-0.15, -0.1) is 0 Å². The number of carbonyl (C=O) groups is 1. The Bertz CT molecular complexity index is 497. The highest BCUT2D eigenvalue weighted by Gasteiger charge is 2.60. The Morgan fingerprint density at radius 1 is 1.62 bits per heavy atom. The summed E-state index contributed by atoms with van der Waals surface area (Å²) in [6.45, 7) is 2.14. The van der Waals surface area contributed by atoms with E-state index in [-0.39, 0.29) is 11.5 Å². The predicted octanol–water partition coefficient (Wildman–Crippen LogP) is 1.48. The molecule has 0 amide bonds. The van der Waals surface area contributed by atoms with Gasteiger partial charge in [0.05, 0.1) is 7.11 Å². The number of methoxy groups -OCH3 is 1. The van der Waals surface area contributed by atoms with Crippen molar-refractivity contribution in [3.8, 4) is 5.75 Å². The van der Waals surface area contributed by atoms with Gasteiger partial charge in [-0.1, -0.05) is 13.0 Å². The van der Waals surface area contributed by atoms with Crippen molar-refractivity contribution in [2.24, 2.45) is 0 Å². The summed E-state index contributed by atoms with van der Waals surface area (Å²) in [5.74, 6) is 0.185. The van der Waals surface area contributed by atoms with Crippen molar-refractivity contribution in [3.63, 3.8) is 0 Å². The Morgan fingerprint density at radius 3 is 3.06 bits per heavy atom. The van der Waals surface area contributed by atoms with Crippen LogP contribution < -0.4 is 10.5 Å². The number of hydrogen-bond donors (Lipinski definition) is 1. The molecule has 0 saturated heterocycles. The van der Waals surface area contributed by atoms with Crippen molar-refractivity contribution in [2.75, 3.05) is 12.8 Å². The van der Waals surface area contributed by atoms with Gasteiger partial charge in [-0.2, -0.15) is 0 Å². The minimum atomic E-state index is -0.431. The third-order valence-corrected chi connectivity index (χ3v) is 3.61. The first-order chi connectivity index (χ1) is 7.58. The summed E-state index contributed by atoms with van der Waals surface area (Å²) in [7, 11) is 1.35. The number of ether oxygens (including phenoxy) is 2. The van der Waals surface area contributed by atoms with Crippen LogP contribution in [0.5, 0.6) is 5.75 Å². The zero-order chi connectivity index (χ0) is 11.5. The number of fused-ring (bicyclic) bond motifs is 3. The molecule has 1 aromatic carbocycles. The number of hydrogen-bond acceptors (Lipinski definition) is 4. The van der Waals surface area contributed by atoms with Crippen LogP contribution in [-0.2, 0) is 10.2 Å². The number of carbonyl (C=O) groups excluding carboxylic acids is 1. The molecule has 1 heterocycles. The van der Waals surface area contributed by atoms with Crippen molar-refractivity contribution < 1.29 is 14.3 Å². The predicted molar refractivity (Wildman–Crippen MR) is 58.6 cm³/mol. The molecule has 1 saturated carbocycles. The Labute approximate surface area is 93.3 Å². The Hall–Kier alpha value is -1.71. The van der Waals surface area contributed by atoms with Crippen molar-refractivity contribution in [1.82, 2.24) is 0 Å². The van der Waals surface area contributed by atoms with Crippen molar-refractivity contribution in [3.05, 3.63) is 23.3 Å². The summed E-state index contributed by atoms with van der Waals surface area (Å²) in [4.78, 5) is 11.6. The van der Waals surface area contributed by atoms with E-state index in [4.69, 9.17) is 15.2 Å². The molecular formula is C12H13NO3. The van der Waals surface area contributed by atoms with Gasteiger partial charge >= 0.3 is 5.97 Å². The highest BCUT2D eigenvalue weighted by atomic mass is 16.5. The quantitative estimate of drug-likeness (QED) is 0.574. The average molecular weight is 219 g/mol. The standard InChI is InChI=1S/C12H13NO3/c1-12-5-8(12)16-10-6(12)3-4-7(13)9(10)11(14)15-2/h3-4,8H,5,13H2,1-2H3/t8?,12-/m1/s1. The minimum absolute atomic E-state index is 0.0752. The lowest BCUT2D eigenvalue weighted by molar-refractivity contribution is 0.0597. The highest BCUT2D eigenvalue weighted by molar-refractivity contribution is 5.99. The SMILES string of the molecule is COC(=O)c1c(N)ccc2c1OC1C[C@]21C. The molecule has 2 aliphatic rings. The van der Waals surface area contributed by atoms with E-state index in [1.807, 2.05) is 6.07 Å². The number of esters is 1. The van der Waals surface area contributed by atoms with Crippen LogP contribution in [-0.4, -0.2) is 19.2 Å². The first-order valence-corrected chi connectivity index (χ1v) is 5.26. The molecule has 0 bridgehead atoms. The second kappa shape index (κ2) is 2.70. The largest absolute Gasteiger partial charge is 0.488 e. The van der Waals surface area contributed by atoms with Crippen LogP contribution in [0.1, 0.15) is 29.3 Å². The Morgan fingerprint density at radius 2 is 2.38 bits per heavy atom. The van der Waals surface area contributed by atoms with Gasteiger partial charge in [0.15, 0.2) is 0 Å². The summed E-state index contributed by atoms with van der Waals surface area (Å²) < 4.78 is 10.5. The van der Waals surface area contributed by atoms with Crippen LogP contribution in [0.4, 0.5) is 5.69 Å². The number of nitrogen functional groups attached to an aromatic ring is 1. The monoisotopic (exact) mass is 219 g/mol. The molecule has 1 unspecified atom stereocenters. The summed E-state index contributed by atoms with van der Waals surface area (Å²) in [5, 5.41) is 0. The van der Waals surface area contributed by atoms with Crippen molar-refractivity contribution >= 4 is 11.7 Å². The maximum Gasteiger partial charge on any atom is 0.343 e. The van der Waals surface area contributed by atoms with E-state index >= 15 is 0 Å². The first-order valence-electron chi connectivity index (χ1n) is 5.26. The van der Waals surface area contributed by atoms with E-state index in [0.29, 0.717) is 17.0 Å².